The number of likely N-dealkylation sites (tertiary alicyclic amines) is 1. The highest BCUT2D eigenvalue weighted by Crippen LogP contribution is 2.38. The Morgan fingerprint density at radius 2 is 1.79 bits per heavy atom. The van der Waals surface area contributed by atoms with Crippen molar-refractivity contribution in [1.29, 1.82) is 0 Å². The molecule has 29 heavy (non-hydrogen) atoms. The number of hydrogen-bond acceptors (Lipinski definition) is 6. The van der Waals surface area contributed by atoms with Gasteiger partial charge in [0.2, 0.25) is 0 Å². The number of piperidine rings is 1. The third-order valence-corrected chi connectivity index (χ3v) is 5.78. The first-order valence-corrected chi connectivity index (χ1v) is 10.3. The molecule has 3 rings (SSSR count). The summed E-state index contributed by atoms with van der Waals surface area (Å²) >= 11 is 0. The van der Waals surface area contributed by atoms with Gasteiger partial charge >= 0.3 is 12.1 Å². The van der Waals surface area contributed by atoms with Crippen LogP contribution in [-0.2, 0) is 19.9 Å². The second kappa shape index (κ2) is 8.28. The predicted octanol–water partition coefficient (Wildman–Crippen LogP) is 3.38. The van der Waals surface area contributed by atoms with Gasteiger partial charge in [-0.2, -0.15) is 0 Å². The maximum atomic E-state index is 15.5. The van der Waals surface area contributed by atoms with Gasteiger partial charge in [-0.15, -0.1) is 5.10 Å². The van der Waals surface area contributed by atoms with Crippen LogP contribution < -0.4 is 0 Å². The fraction of sp³-hybridized carbons (Fsp3) is 0.800. The summed E-state index contributed by atoms with van der Waals surface area (Å²) in [6.45, 7) is 5.99. The lowest BCUT2D eigenvalue weighted by Gasteiger charge is -2.36. The first-order valence-electron chi connectivity index (χ1n) is 10.3. The second-order valence-electron chi connectivity index (χ2n) is 9.05. The number of nitrogens with zero attached hydrogens (tertiary/aromatic N) is 4. The molecule has 8 nitrogen and oxygen atoms in total. The third-order valence-electron chi connectivity index (χ3n) is 5.78. The van der Waals surface area contributed by atoms with Crippen LogP contribution in [0.25, 0.3) is 0 Å². The minimum atomic E-state index is -1.60. The standard InChI is InChI=1S/C20H31FN4O4/c1-19(2,3)29-18(27)24-11-9-20(21,10-12-24)16-13-25(23-22-16)15-7-5-14(6-8-15)17(26)28-4/h13-15H,5-12H2,1-4H3. The van der Waals surface area contributed by atoms with Crippen molar-refractivity contribution in [3.8, 4) is 0 Å². The molecule has 1 aliphatic heterocycles. The van der Waals surface area contributed by atoms with Crippen molar-refractivity contribution >= 4 is 12.1 Å². The molecule has 1 saturated heterocycles. The quantitative estimate of drug-likeness (QED) is 0.710. The van der Waals surface area contributed by atoms with Crippen LogP contribution in [0, 0.1) is 5.92 Å². The normalized spacial score (nSPS) is 24.8. The number of methoxy groups -OCH3 is 1. The Hall–Kier alpha value is -2.19. The number of alkyl halides is 1. The summed E-state index contributed by atoms with van der Waals surface area (Å²) in [5.74, 6) is -0.230. The van der Waals surface area contributed by atoms with E-state index >= 15 is 4.39 Å². The van der Waals surface area contributed by atoms with Gasteiger partial charge in [0.15, 0.2) is 5.67 Å². The van der Waals surface area contributed by atoms with Crippen LogP contribution in [0.3, 0.4) is 0 Å². The lowest BCUT2D eigenvalue weighted by Crippen LogP contribution is -2.45. The summed E-state index contributed by atoms with van der Waals surface area (Å²) in [6, 6.07) is 0.114. The van der Waals surface area contributed by atoms with Crippen LogP contribution in [0.15, 0.2) is 6.20 Å². The van der Waals surface area contributed by atoms with Crippen molar-refractivity contribution in [3.63, 3.8) is 0 Å². The number of esters is 1. The lowest BCUT2D eigenvalue weighted by atomic mass is 9.86. The molecule has 0 N–H and O–H groups in total. The van der Waals surface area contributed by atoms with E-state index in [4.69, 9.17) is 9.47 Å². The zero-order valence-electron chi connectivity index (χ0n) is 17.7. The van der Waals surface area contributed by atoms with E-state index in [2.05, 4.69) is 10.3 Å². The molecule has 0 bridgehead atoms. The maximum Gasteiger partial charge on any atom is 0.410 e. The molecule has 1 aromatic rings. The topological polar surface area (TPSA) is 86.5 Å². The van der Waals surface area contributed by atoms with Gasteiger partial charge in [0.1, 0.15) is 11.3 Å². The minimum Gasteiger partial charge on any atom is -0.469 e. The minimum absolute atomic E-state index is 0.0658. The zero-order chi connectivity index (χ0) is 21.2. The molecule has 162 valence electrons. The van der Waals surface area contributed by atoms with Gasteiger partial charge in [0.05, 0.1) is 25.3 Å². The molecule has 2 heterocycles. The van der Waals surface area contributed by atoms with Crippen LogP contribution in [0.5, 0.6) is 0 Å². The molecule has 0 unspecified atom stereocenters. The van der Waals surface area contributed by atoms with Crippen molar-refractivity contribution in [3.05, 3.63) is 11.9 Å². The Labute approximate surface area is 170 Å². The molecule has 2 fully saturated rings. The number of aromatic nitrogens is 3. The molecule has 0 radical (unpaired) electrons. The second-order valence-corrected chi connectivity index (χ2v) is 9.05. The van der Waals surface area contributed by atoms with Crippen molar-refractivity contribution < 1.29 is 23.5 Å². The monoisotopic (exact) mass is 410 g/mol. The fourth-order valence-electron chi connectivity index (χ4n) is 4.03. The first-order chi connectivity index (χ1) is 13.6. The largest absolute Gasteiger partial charge is 0.469 e. The van der Waals surface area contributed by atoms with E-state index in [-0.39, 0.29) is 43.9 Å². The first kappa shape index (κ1) is 21.5. The zero-order valence-corrected chi connectivity index (χ0v) is 17.7. The predicted molar refractivity (Wildman–Crippen MR) is 103 cm³/mol. The highest BCUT2D eigenvalue weighted by atomic mass is 19.1. The van der Waals surface area contributed by atoms with Gasteiger partial charge < -0.3 is 14.4 Å². The average Bonchev–Trinajstić information content (AvgIpc) is 3.18. The van der Waals surface area contributed by atoms with Crippen molar-refractivity contribution in [1.82, 2.24) is 19.9 Å². The molecule has 9 heteroatoms. The molecule has 1 aromatic heterocycles. The Kier molecular flexibility index (Phi) is 6.14. The molecule has 1 aliphatic carbocycles. The summed E-state index contributed by atoms with van der Waals surface area (Å²) in [5.41, 5.74) is -1.85. The molecular formula is C20H31FN4O4. The highest BCUT2D eigenvalue weighted by Gasteiger charge is 2.41. The molecule has 0 spiro atoms. The summed E-state index contributed by atoms with van der Waals surface area (Å²) in [5, 5.41) is 8.26. The van der Waals surface area contributed by atoms with Crippen molar-refractivity contribution in [2.75, 3.05) is 20.2 Å². The maximum absolute atomic E-state index is 15.5. The molecule has 1 saturated carbocycles. The Bertz CT molecular complexity index is 729. The molecule has 0 atom stereocenters. The number of ether oxygens (including phenoxy) is 2. The van der Waals surface area contributed by atoms with E-state index in [1.807, 2.05) is 20.8 Å². The number of rotatable bonds is 3. The van der Waals surface area contributed by atoms with Gasteiger partial charge in [-0.3, -0.25) is 4.79 Å². The van der Waals surface area contributed by atoms with Gasteiger partial charge in [0.25, 0.3) is 0 Å². The van der Waals surface area contributed by atoms with Crippen LogP contribution in [0.1, 0.15) is 71.0 Å². The molecule has 2 aliphatic rings. The summed E-state index contributed by atoms with van der Waals surface area (Å²) < 4.78 is 27.4. The van der Waals surface area contributed by atoms with E-state index in [0.29, 0.717) is 5.69 Å². The Morgan fingerprint density at radius 1 is 1.17 bits per heavy atom. The van der Waals surface area contributed by atoms with Gasteiger partial charge in [-0.05, 0) is 46.5 Å². The number of hydrogen-bond donors (Lipinski definition) is 0. The van der Waals surface area contributed by atoms with Crippen LogP contribution in [-0.4, -0.2) is 57.8 Å². The summed E-state index contributed by atoms with van der Waals surface area (Å²) in [6.07, 6.45) is 4.65. The highest BCUT2D eigenvalue weighted by molar-refractivity contribution is 5.72. The summed E-state index contributed by atoms with van der Waals surface area (Å²) in [7, 11) is 1.41. The lowest BCUT2D eigenvalue weighted by molar-refractivity contribution is -0.146. The van der Waals surface area contributed by atoms with E-state index in [1.54, 1.807) is 15.8 Å². The average molecular weight is 410 g/mol. The number of carbonyl (C=O) groups is 2. The number of amides is 1. The SMILES string of the molecule is COC(=O)C1CCC(n2cc(C3(F)CCN(C(=O)OC(C)(C)C)CC3)nn2)CC1. The molecule has 1 amide bonds. The molecular weight excluding hydrogens is 379 g/mol. The van der Waals surface area contributed by atoms with Gasteiger partial charge in [0, 0.05) is 25.9 Å². The van der Waals surface area contributed by atoms with Crippen LogP contribution in [0.2, 0.25) is 0 Å². The van der Waals surface area contributed by atoms with E-state index in [0.717, 1.165) is 25.7 Å². The van der Waals surface area contributed by atoms with Gasteiger partial charge in [-0.1, -0.05) is 5.21 Å². The number of carbonyl (C=O) groups excluding carboxylic acids is 2. The van der Waals surface area contributed by atoms with Crippen LogP contribution in [0.4, 0.5) is 9.18 Å². The summed E-state index contributed by atoms with van der Waals surface area (Å²) in [4.78, 5) is 25.4. The van der Waals surface area contributed by atoms with E-state index in [1.165, 1.54) is 7.11 Å². The van der Waals surface area contributed by atoms with Gasteiger partial charge in [-0.25, -0.2) is 13.9 Å². The Morgan fingerprint density at radius 3 is 2.34 bits per heavy atom. The molecule has 0 aromatic carbocycles. The Balaban J connectivity index is 1.57. The van der Waals surface area contributed by atoms with E-state index in [9.17, 15) is 9.59 Å². The number of halogens is 1. The van der Waals surface area contributed by atoms with Crippen LogP contribution >= 0.6 is 0 Å². The fourth-order valence-corrected chi connectivity index (χ4v) is 4.03. The smallest absolute Gasteiger partial charge is 0.410 e. The van der Waals surface area contributed by atoms with E-state index < -0.39 is 17.4 Å². The van der Waals surface area contributed by atoms with Crippen molar-refractivity contribution in [2.45, 2.75) is 76.6 Å². The van der Waals surface area contributed by atoms with Crippen molar-refractivity contribution in [2.24, 2.45) is 5.92 Å². The third kappa shape index (κ3) is 5.05.